The average molecular weight is 289 g/mol. The molecule has 0 radical (unpaired) electrons. The largest absolute Gasteiger partial charge is 0.497 e. The standard InChI is InChI=1S/C17H17ClO2/c1-20-15-6-5-12-8-14(19)9-16(17(12)10-15)11-3-2-4-13(18)7-11/h2-7,10,14,16,19H,8-9H2,1H3/t14-,16+/m0/s1. The van der Waals surface area contributed by atoms with Crippen molar-refractivity contribution in [2.24, 2.45) is 0 Å². The lowest BCUT2D eigenvalue weighted by atomic mass is 9.77. The molecule has 0 aliphatic heterocycles. The molecule has 0 saturated carbocycles. The van der Waals surface area contributed by atoms with Crippen molar-refractivity contribution in [3.63, 3.8) is 0 Å². The lowest BCUT2D eigenvalue weighted by Gasteiger charge is -2.30. The molecule has 2 atom stereocenters. The number of hydrogen-bond acceptors (Lipinski definition) is 2. The maximum atomic E-state index is 10.1. The fraction of sp³-hybridized carbons (Fsp3) is 0.294. The molecule has 2 nitrogen and oxygen atoms in total. The summed E-state index contributed by atoms with van der Waals surface area (Å²) < 4.78 is 5.33. The van der Waals surface area contributed by atoms with Crippen LogP contribution < -0.4 is 4.74 Å². The summed E-state index contributed by atoms with van der Waals surface area (Å²) >= 11 is 6.10. The van der Waals surface area contributed by atoms with Crippen LogP contribution in [0.3, 0.4) is 0 Å². The van der Waals surface area contributed by atoms with E-state index in [1.807, 2.05) is 30.3 Å². The van der Waals surface area contributed by atoms with Crippen molar-refractivity contribution < 1.29 is 9.84 Å². The normalized spacial score (nSPS) is 21.4. The predicted octanol–water partition coefficient (Wildman–Crippen LogP) is 3.79. The third-order valence-electron chi connectivity index (χ3n) is 3.94. The van der Waals surface area contributed by atoms with E-state index >= 15 is 0 Å². The van der Waals surface area contributed by atoms with Crippen molar-refractivity contribution in [2.75, 3.05) is 7.11 Å². The van der Waals surface area contributed by atoms with Crippen LogP contribution in [0.4, 0.5) is 0 Å². The van der Waals surface area contributed by atoms with Gasteiger partial charge in [-0.05, 0) is 53.8 Å². The van der Waals surface area contributed by atoms with Gasteiger partial charge >= 0.3 is 0 Å². The maximum Gasteiger partial charge on any atom is 0.119 e. The molecule has 20 heavy (non-hydrogen) atoms. The van der Waals surface area contributed by atoms with Gasteiger partial charge in [0, 0.05) is 10.9 Å². The second-order valence-electron chi connectivity index (χ2n) is 5.27. The molecule has 0 bridgehead atoms. The minimum atomic E-state index is -0.306. The van der Waals surface area contributed by atoms with Crippen molar-refractivity contribution in [2.45, 2.75) is 24.9 Å². The van der Waals surface area contributed by atoms with Gasteiger partial charge in [0.1, 0.15) is 5.75 Å². The molecule has 3 heteroatoms. The van der Waals surface area contributed by atoms with Crippen LogP contribution in [0.5, 0.6) is 5.75 Å². The van der Waals surface area contributed by atoms with E-state index in [1.165, 1.54) is 11.1 Å². The van der Waals surface area contributed by atoms with E-state index in [1.54, 1.807) is 7.11 Å². The zero-order chi connectivity index (χ0) is 14.1. The highest BCUT2D eigenvalue weighted by molar-refractivity contribution is 6.30. The van der Waals surface area contributed by atoms with Crippen molar-refractivity contribution in [3.8, 4) is 5.75 Å². The second kappa shape index (κ2) is 5.47. The number of aliphatic hydroxyl groups excluding tert-OH is 1. The number of rotatable bonds is 2. The summed E-state index contributed by atoms with van der Waals surface area (Å²) in [5.74, 6) is 1.02. The average Bonchev–Trinajstić information content (AvgIpc) is 2.46. The summed E-state index contributed by atoms with van der Waals surface area (Å²) in [6, 6.07) is 14.0. The molecule has 1 aliphatic carbocycles. The van der Waals surface area contributed by atoms with Gasteiger partial charge in [-0.1, -0.05) is 29.8 Å². The minimum absolute atomic E-state index is 0.169. The molecule has 0 aromatic heterocycles. The van der Waals surface area contributed by atoms with E-state index in [4.69, 9.17) is 16.3 Å². The van der Waals surface area contributed by atoms with Crippen LogP contribution >= 0.6 is 11.6 Å². The zero-order valence-corrected chi connectivity index (χ0v) is 12.1. The molecular weight excluding hydrogens is 272 g/mol. The first-order chi connectivity index (χ1) is 9.67. The van der Waals surface area contributed by atoms with Gasteiger partial charge in [0.05, 0.1) is 13.2 Å². The Morgan fingerprint density at radius 1 is 1.20 bits per heavy atom. The molecule has 1 N–H and O–H groups in total. The quantitative estimate of drug-likeness (QED) is 0.911. The van der Waals surface area contributed by atoms with Crippen molar-refractivity contribution in [1.82, 2.24) is 0 Å². The van der Waals surface area contributed by atoms with Gasteiger partial charge in [-0.3, -0.25) is 0 Å². The van der Waals surface area contributed by atoms with Crippen molar-refractivity contribution in [1.29, 1.82) is 0 Å². The van der Waals surface area contributed by atoms with Crippen LogP contribution in [-0.2, 0) is 6.42 Å². The molecule has 0 amide bonds. The van der Waals surface area contributed by atoms with Crippen LogP contribution in [0.25, 0.3) is 0 Å². The molecule has 0 spiro atoms. The lowest BCUT2D eigenvalue weighted by Crippen LogP contribution is -2.23. The number of methoxy groups -OCH3 is 1. The van der Waals surface area contributed by atoms with E-state index < -0.39 is 0 Å². The molecule has 2 aromatic rings. The van der Waals surface area contributed by atoms with Gasteiger partial charge in [-0.25, -0.2) is 0 Å². The highest BCUT2D eigenvalue weighted by Gasteiger charge is 2.27. The van der Waals surface area contributed by atoms with Gasteiger partial charge in [-0.2, -0.15) is 0 Å². The van der Waals surface area contributed by atoms with Crippen molar-refractivity contribution >= 4 is 11.6 Å². The molecule has 104 valence electrons. The van der Waals surface area contributed by atoms with Gasteiger partial charge in [-0.15, -0.1) is 0 Å². The first-order valence-corrected chi connectivity index (χ1v) is 7.15. The predicted molar refractivity (Wildman–Crippen MR) is 80.6 cm³/mol. The summed E-state index contributed by atoms with van der Waals surface area (Å²) in [4.78, 5) is 0. The van der Waals surface area contributed by atoms with E-state index in [9.17, 15) is 5.11 Å². The third-order valence-corrected chi connectivity index (χ3v) is 4.18. The molecule has 2 aromatic carbocycles. The smallest absolute Gasteiger partial charge is 0.119 e. The topological polar surface area (TPSA) is 29.5 Å². The number of aliphatic hydroxyl groups is 1. The Kier molecular flexibility index (Phi) is 3.68. The zero-order valence-electron chi connectivity index (χ0n) is 11.3. The Morgan fingerprint density at radius 2 is 2.05 bits per heavy atom. The van der Waals surface area contributed by atoms with Gasteiger partial charge in [0.2, 0.25) is 0 Å². The Morgan fingerprint density at radius 3 is 2.80 bits per heavy atom. The summed E-state index contributed by atoms with van der Waals surface area (Å²) in [6.45, 7) is 0. The number of fused-ring (bicyclic) bond motifs is 1. The van der Waals surface area contributed by atoms with Gasteiger partial charge in [0.25, 0.3) is 0 Å². The fourth-order valence-electron chi connectivity index (χ4n) is 2.99. The van der Waals surface area contributed by atoms with Gasteiger partial charge in [0.15, 0.2) is 0 Å². The second-order valence-corrected chi connectivity index (χ2v) is 5.70. The van der Waals surface area contributed by atoms with Crippen LogP contribution in [-0.4, -0.2) is 18.3 Å². The summed E-state index contributed by atoms with van der Waals surface area (Å²) in [5, 5.41) is 10.8. The Hall–Kier alpha value is -1.51. The van der Waals surface area contributed by atoms with E-state index in [0.717, 1.165) is 22.8 Å². The molecule has 0 fully saturated rings. The molecule has 3 rings (SSSR count). The first-order valence-electron chi connectivity index (χ1n) is 6.77. The number of halogens is 1. The van der Waals surface area contributed by atoms with E-state index in [2.05, 4.69) is 12.1 Å². The molecular formula is C17H17ClO2. The van der Waals surface area contributed by atoms with Crippen LogP contribution in [0.15, 0.2) is 42.5 Å². The number of hydrogen-bond donors (Lipinski definition) is 1. The molecule has 0 unspecified atom stereocenters. The Bertz CT molecular complexity index is 624. The fourth-order valence-corrected chi connectivity index (χ4v) is 3.18. The SMILES string of the molecule is COc1ccc2c(c1)[C@@H](c1cccc(Cl)c1)C[C@@H](O)C2. The summed E-state index contributed by atoms with van der Waals surface area (Å²) in [7, 11) is 1.67. The molecule has 1 aliphatic rings. The summed E-state index contributed by atoms with van der Waals surface area (Å²) in [6.07, 6.45) is 1.12. The highest BCUT2D eigenvalue weighted by atomic mass is 35.5. The molecule has 0 saturated heterocycles. The maximum absolute atomic E-state index is 10.1. The van der Waals surface area contributed by atoms with Crippen LogP contribution in [0.2, 0.25) is 5.02 Å². The minimum Gasteiger partial charge on any atom is -0.497 e. The Labute approximate surface area is 124 Å². The highest BCUT2D eigenvalue weighted by Crippen LogP contribution is 2.39. The third kappa shape index (κ3) is 2.54. The number of ether oxygens (including phenoxy) is 1. The van der Waals surface area contributed by atoms with E-state index in [0.29, 0.717) is 6.42 Å². The number of benzene rings is 2. The Balaban J connectivity index is 2.08. The van der Waals surface area contributed by atoms with Crippen LogP contribution in [0.1, 0.15) is 29.0 Å². The van der Waals surface area contributed by atoms with Gasteiger partial charge < -0.3 is 9.84 Å². The van der Waals surface area contributed by atoms with Crippen molar-refractivity contribution in [3.05, 3.63) is 64.2 Å². The summed E-state index contributed by atoms with van der Waals surface area (Å²) in [5.41, 5.74) is 3.57. The van der Waals surface area contributed by atoms with Crippen LogP contribution in [0, 0.1) is 0 Å². The first kappa shape index (κ1) is 13.5. The monoisotopic (exact) mass is 288 g/mol. The van der Waals surface area contributed by atoms with E-state index in [-0.39, 0.29) is 12.0 Å². The lowest BCUT2D eigenvalue weighted by molar-refractivity contribution is 0.152. The molecule has 0 heterocycles.